The molecule has 4 nitrogen and oxygen atoms in total. The van der Waals surface area contributed by atoms with Crippen LogP contribution in [0.15, 0.2) is 23.1 Å². The third-order valence-corrected chi connectivity index (χ3v) is 7.36. The Hall–Kier alpha value is -1.07. The number of hydrogen-bond donors (Lipinski definition) is 1. The molecule has 0 heterocycles. The van der Waals surface area contributed by atoms with Crippen LogP contribution in [0.3, 0.4) is 0 Å². The van der Waals surface area contributed by atoms with Crippen LogP contribution in [0.5, 0.6) is 0 Å². The molecule has 2 fully saturated rings. The van der Waals surface area contributed by atoms with E-state index in [2.05, 4.69) is 0 Å². The van der Waals surface area contributed by atoms with Crippen LogP contribution in [-0.2, 0) is 10.0 Å². The smallest absolute Gasteiger partial charge is 0.243 e. The van der Waals surface area contributed by atoms with Gasteiger partial charge in [0.25, 0.3) is 0 Å². The lowest BCUT2D eigenvalue weighted by Gasteiger charge is -2.27. The monoisotopic (exact) mass is 308 g/mol. The van der Waals surface area contributed by atoms with Crippen molar-refractivity contribution in [2.75, 3.05) is 19.3 Å². The maximum absolute atomic E-state index is 12.8. The summed E-state index contributed by atoms with van der Waals surface area (Å²) in [5, 5.41) is 0. The van der Waals surface area contributed by atoms with E-state index in [1.165, 1.54) is 30.0 Å². The topological polar surface area (TPSA) is 63.4 Å². The summed E-state index contributed by atoms with van der Waals surface area (Å²) in [4.78, 5) is 0.341. The third-order valence-electron chi connectivity index (χ3n) is 5.39. The molecule has 116 valence electrons. The van der Waals surface area contributed by atoms with E-state index >= 15 is 0 Å². The van der Waals surface area contributed by atoms with Crippen molar-refractivity contribution in [2.24, 2.45) is 17.8 Å². The lowest BCUT2D eigenvalue weighted by atomic mass is 9.89. The fraction of sp³-hybridized carbons (Fsp3) is 0.625. The van der Waals surface area contributed by atoms with Crippen molar-refractivity contribution in [2.45, 2.75) is 37.5 Å². The summed E-state index contributed by atoms with van der Waals surface area (Å²) in [6, 6.07) is 5.10. The molecule has 5 heteroatoms. The average Bonchev–Trinajstić information content (AvgIpc) is 3.04. The molecule has 21 heavy (non-hydrogen) atoms. The highest BCUT2D eigenvalue weighted by atomic mass is 32.2. The van der Waals surface area contributed by atoms with Gasteiger partial charge < -0.3 is 5.73 Å². The molecular weight excluding hydrogens is 284 g/mol. The van der Waals surface area contributed by atoms with Crippen LogP contribution < -0.4 is 5.73 Å². The molecule has 2 aliphatic rings. The molecule has 2 bridgehead atoms. The number of sulfonamides is 1. The van der Waals surface area contributed by atoms with Gasteiger partial charge in [0.15, 0.2) is 0 Å². The van der Waals surface area contributed by atoms with Gasteiger partial charge in [-0.05, 0) is 61.6 Å². The molecule has 3 rings (SSSR count). The van der Waals surface area contributed by atoms with Crippen LogP contribution in [0.25, 0.3) is 0 Å². The van der Waals surface area contributed by atoms with Gasteiger partial charge in [0.1, 0.15) is 0 Å². The minimum Gasteiger partial charge on any atom is -0.398 e. The van der Waals surface area contributed by atoms with E-state index < -0.39 is 10.0 Å². The van der Waals surface area contributed by atoms with E-state index in [4.69, 9.17) is 5.73 Å². The summed E-state index contributed by atoms with van der Waals surface area (Å²) in [6.45, 7) is 2.41. The zero-order valence-electron chi connectivity index (χ0n) is 12.7. The molecule has 0 saturated heterocycles. The van der Waals surface area contributed by atoms with Crippen molar-refractivity contribution in [1.82, 2.24) is 4.31 Å². The Morgan fingerprint density at radius 1 is 1.29 bits per heavy atom. The molecule has 0 aliphatic heterocycles. The van der Waals surface area contributed by atoms with E-state index in [9.17, 15) is 8.42 Å². The largest absolute Gasteiger partial charge is 0.398 e. The van der Waals surface area contributed by atoms with Gasteiger partial charge in [-0.1, -0.05) is 12.5 Å². The Balaban J connectivity index is 1.79. The molecule has 0 radical (unpaired) electrons. The predicted molar refractivity (Wildman–Crippen MR) is 84.3 cm³/mol. The molecule has 3 atom stereocenters. The number of rotatable bonds is 4. The molecule has 1 aromatic carbocycles. The van der Waals surface area contributed by atoms with E-state index in [0.29, 0.717) is 28.6 Å². The van der Waals surface area contributed by atoms with Crippen LogP contribution in [0.4, 0.5) is 5.69 Å². The summed E-state index contributed by atoms with van der Waals surface area (Å²) >= 11 is 0. The Kier molecular flexibility index (Phi) is 3.74. The summed E-state index contributed by atoms with van der Waals surface area (Å²) in [6.07, 6.45) is 5.11. The van der Waals surface area contributed by atoms with E-state index in [-0.39, 0.29) is 0 Å². The zero-order valence-corrected chi connectivity index (χ0v) is 13.6. The lowest BCUT2D eigenvalue weighted by Crippen LogP contribution is -2.34. The first-order valence-electron chi connectivity index (χ1n) is 7.71. The molecule has 0 amide bonds. The third kappa shape index (κ3) is 2.57. The van der Waals surface area contributed by atoms with Gasteiger partial charge in [-0.25, -0.2) is 12.7 Å². The second kappa shape index (κ2) is 5.29. The molecule has 2 N–H and O–H groups in total. The maximum atomic E-state index is 12.8. The Morgan fingerprint density at radius 2 is 2.05 bits per heavy atom. The SMILES string of the molecule is Cc1c(N)cccc1S(=O)(=O)N(C)CC1CC2CCC1C2. The molecule has 2 aliphatic carbocycles. The van der Waals surface area contributed by atoms with Crippen LogP contribution in [-0.4, -0.2) is 26.3 Å². The first-order valence-corrected chi connectivity index (χ1v) is 9.15. The van der Waals surface area contributed by atoms with Crippen molar-refractivity contribution >= 4 is 15.7 Å². The van der Waals surface area contributed by atoms with Crippen molar-refractivity contribution < 1.29 is 8.42 Å². The first-order chi connectivity index (χ1) is 9.89. The summed E-state index contributed by atoms with van der Waals surface area (Å²) in [7, 11) is -1.74. The van der Waals surface area contributed by atoms with Crippen molar-refractivity contribution in [3.63, 3.8) is 0 Å². The Bertz CT molecular complexity index is 642. The van der Waals surface area contributed by atoms with Crippen LogP contribution in [0, 0.1) is 24.7 Å². The van der Waals surface area contributed by atoms with E-state index in [1.807, 2.05) is 0 Å². The van der Waals surface area contributed by atoms with E-state index in [1.54, 1.807) is 32.2 Å². The average molecular weight is 308 g/mol. The number of hydrogen-bond acceptors (Lipinski definition) is 3. The number of fused-ring (bicyclic) bond motifs is 2. The van der Waals surface area contributed by atoms with Gasteiger partial charge in [0, 0.05) is 19.3 Å². The molecule has 0 aromatic heterocycles. The van der Waals surface area contributed by atoms with Gasteiger partial charge in [0.2, 0.25) is 10.0 Å². The van der Waals surface area contributed by atoms with Gasteiger partial charge in [-0.15, -0.1) is 0 Å². The quantitative estimate of drug-likeness (QED) is 0.870. The van der Waals surface area contributed by atoms with E-state index in [0.717, 1.165) is 11.8 Å². The predicted octanol–water partition coefficient (Wildman–Crippen LogP) is 2.63. The molecular formula is C16H24N2O2S. The number of nitrogens with zero attached hydrogens (tertiary/aromatic N) is 1. The maximum Gasteiger partial charge on any atom is 0.243 e. The molecule has 2 saturated carbocycles. The highest BCUT2D eigenvalue weighted by Crippen LogP contribution is 2.48. The Labute approximate surface area is 127 Å². The minimum atomic E-state index is -3.44. The summed E-state index contributed by atoms with van der Waals surface area (Å²) in [5.41, 5.74) is 7.03. The van der Waals surface area contributed by atoms with Crippen LogP contribution >= 0.6 is 0 Å². The fourth-order valence-electron chi connectivity index (χ4n) is 4.11. The number of nitrogens with two attached hydrogens (primary N) is 1. The highest BCUT2D eigenvalue weighted by Gasteiger charge is 2.41. The Morgan fingerprint density at radius 3 is 2.67 bits per heavy atom. The lowest BCUT2D eigenvalue weighted by molar-refractivity contribution is 0.280. The standard InChI is InChI=1S/C16H24N2O2S/c1-11-15(17)4-3-5-16(11)21(19,20)18(2)10-14-9-12-6-7-13(14)8-12/h3-5,12-14H,6-10,17H2,1-2H3. The van der Waals surface area contributed by atoms with Gasteiger partial charge >= 0.3 is 0 Å². The fourth-order valence-corrected chi connectivity index (χ4v) is 5.59. The van der Waals surface area contributed by atoms with Gasteiger partial charge in [0.05, 0.1) is 4.90 Å². The molecule has 3 unspecified atom stereocenters. The molecule has 1 aromatic rings. The van der Waals surface area contributed by atoms with Gasteiger partial charge in [-0.2, -0.15) is 0 Å². The van der Waals surface area contributed by atoms with Crippen molar-refractivity contribution in [3.05, 3.63) is 23.8 Å². The van der Waals surface area contributed by atoms with Crippen LogP contribution in [0.1, 0.15) is 31.2 Å². The summed E-state index contributed by atoms with van der Waals surface area (Å²) < 4.78 is 27.1. The minimum absolute atomic E-state index is 0.341. The number of nitrogen functional groups attached to an aromatic ring is 1. The first kappa shape index (κ1) is 14.9. The second-order valence-corrected chi connectivity index (χ2v) is 8.70. The second-order valence-electron chi connectivity index (χ2n) is 6.69. The number of benzene rings is 1. The zero-order chi connectivity index (χ0) is 15.2. The highest BCUT2D eigenvalue weighted by molar-refractivity contribution is 7.89. The van der Waals surface area contributed by atoms with Crippen molar-refractivity contribution in [1.29, 1.82) is 0 Å². The van der Waals surface area contributed by atoms with Crippen LogP contribution in [0.2, 0.25) is 0 Å². The summed E-state index contributed by atoms with van der Waals surface area (Å²) in [5.74, 6) is 2.10. The van der Waals surface area contributed by atoms with Crippen molar-refractivity contribution in [3.8, 4) is 0 Å². The molecule has 0 spiro atoms. The normalized spacial score (nSPS) is 28.4. The van der Waals surface area contributed by atoms with Gasteiger partial charge in [-0.3, -0.25) is 0 Å². The number of anilines is 1.